The fraction of sp³-hybridized carbons (Fsp3) is 0.136. The van der Waals surface area contributed by atoms with E-state index in [1.54, 1.807) is 18.3 Å². The van der Waals surface area contributed by atoms with Gasteiger partial charge in [0.05, 0.1) is 17.1 Å². The topological polar surface area (TPSA) is 106 Å². The van der Waals surface area contributed by atoms with Crippen molar-refractivity contribution in [2.24, 2.45) is 0 Å². The van der Waals surface area contributed by atoms with Crippen molar-refractivity contribution in [1.82, 2.24) is 25.0 Å². The summed E-state index contributed by atoms with van der Waals surface area (Å²) < 4.78 is 1.37. The maximum Gasteiger partial charge on any atom is 0.273 e. The van der Waals surface area contributed by atoms with Gasteiger partial charge in [0.25, 0.3) is 5.56 Å². The van der Waals surface area contributed by atoms with Crippen molar-refractivity contribution >= 4 is 23.5 Å². The van der Waals surface area contributed by atoms with E-state index < -0.39 is 5.25 Å². The Kier molecular flexibility index (Phi) is 6.23. The summed E-state index contributed by atoms with van der Waals surface area (Å²) in [6.45, 7) is 1.90. The van der Waals surface area contributed by atoms with Crippen molar-refractivity contribution in [1.29, 1.82) is 0 Å². The molecule has 0 saturated heterocycles. The Morgan fingerprint density at radius 1 is 1.10 bits per heavy atom. The summed E-state index contributed by atoms with van der Waals surface area (Å²) in [4.78, 5) is 29.3. The van der Waals surface area contributed by atoms with Crippen LogP contribution in [0.3, 0.4) is 0 Å². The molecule has 1 unspecified atom stereocenters. The van der Waals surface area contributed by atoms with Crippen LogP contribution in [0.15, 0.2) is 82.9 Å². The van der Waals surface area contributed by atoms with Crippen LogP contribution in [0.5, 0.6) is 0 Å². The van der Waals surface area contributed by atoms with Crippen LogP contribution < -0.4 is 10.9 Å². The molecule has 1 atom stereocenters. The smallest absolute Gasteiger partial charge is 0.273 e. The molecule has 156 valence electrons. The van der Waals surface area contributed by atoms with Crippen LogP contribution >= 0.6 is 11.8 Å². The fourth-order valence-corrected chi connectivity index (χ4v) is 3.74. The van der Waals surface area contributed by atoms with E-state index in [1.807, 2.05) is 55.5 Å². The highest BCUT2D eigenvalue weighted by molar-refractivity contribution is 8.00. The van der Waals surface area contributed by atoms with Crippen LogP contribution in [-0.4, -0.2) is 36.1 Å². The van der Waals surface area contributed by atoms with Gasteiger partial charge in [-0.15, -0.1) is 10.2 Å². The number of thioether (sulfide) groups is 1. The fourth-order valence-electron chi connectivity index (χ4n) is 2.95. The summed E-state index contributed by atoms with van der Waals surface area (Å²) in [6.07, 6.45) is 2.21. The molecule has 0 bridgehead atoms. The molecular weight excluding hydrogens is 412 g/mol. The Labute approximate surface area is 182 Å². The van der Waals surface area contributed by atoms with Crippen LogP contribution in [0, 0.1) is 0 Å². The number of rotatable bonds is 7. The first-order chi connectivity index (χ1) is 15.1. The molecule has 2 aromatic carbocycles. The Bertz CT molecular complexity index is 1210. The second kappa shape index (κ2) is 9.40. The molecule has 8 nitrogen and oxygen atoms in total. The molecule has 0 aliphatic rings. The van der Waals surface area contributed by atoms with Crippen molar-refractivity contribution in [2.45, 2.75) is 23.8 Å². The van der Waals surface area contributed by atoms with Crippen LogP contribution in [0.1, 0.15) is 13.3 Å². The second-order valence-corrected chi connectivity index (χ2v) is 7.84. The molecule has 0 fully saturated rings. The third-order valence-corrected chi connectivity index (χ3v) is 5.74. The van der Waals surface area contributed by atoms with Crippen molar-refractivity contribution in [3.63, 3.8) is 0 Å². The predicted octanol–water partition coefficient (Wildman–Crippen LogP) is 3.53. The van der Waals surface area contributed by atoms with Gasteiger partial charge in [-0.1, -0.05) is 67.2 Å². The highest BCUT2D eigenvalue weighted by Crippen LogP contribution is 2.24. The van der Waals surface area contributed by atoms with Gasteiger partial charge in [0.1, 0.15) is 11.5 Å². The van der Waals surface area contributed by atoms with Crippen LogP contribution in [0.4, 0.5) is 5.82 Å². The zero-order chi connectivity index (χ0) is 21.6. The summed E-state index contributed by atoms with van der Waals surface area (Å²) in [5, 5.41) is 14.0. The number of nitrogens with one attached hydrogen (secondary N) is 2. The molecule has 2 aromatic heterocycles. The SMILES string of the molecule is CCC(Sc1ncc(-c2ccccc2)nn1)C(=O)Nc1cc(=O)n(-c2ccccc2)[nH]1. The minimum atomic E-state index is -0.437. The number of para-hydroxylation sites is 1. The minimum absolute atomic E-state index is 0.246. The second-order valence-electron chi connectivity index (χ2n) is 6.68. The molecular formula is C22H20N6O2S. The first kappa shape index (κ1) is 20.5. The average Bonchev–Trinajstić information content (AvgIpc) is 3.18. The Balaban J connectivity index is 1.44. The van der Waals surface area contributed by atoms with E-state index in [2.05, 4.69) is 25.6 Å². The molecule has 0 spiro atoms. The Morgan fingerprint density at radius 3 is 2.45 bits per heavy atom. The number of amides is 1. The quantitative estimate of drug-likeness (QED) is 0.433. The van der Waals surface area contributed by atoms with Gasteiger partial charge >= 0.3 is 0 Å². The molecule has 9 heteroatoms. The number of aromatic nitrogens is 5. The lowest BCUT2D eigenvalue weighted by Gasteiger charge is -2.12. The van der Waals surface area contributed by atoms with Gasteiger partial charge in [0, 0.05) is 11.6 Å². The maximum atomic E-state index is 12.8. The van der Waals surface area contributed by atoms with E-state index in [1.165, 1.54) is 22.5 Å². The van der Waals surface area contributed by atoms with E-state index in [0.717, 1.165) is 5.56 Å². The maximum absolute atomic E-state index is 12.8. The summed E-state index contributed by atoms with van der Waals surface area (Å²) in [6, 6.07) is 20.1. The lowest BCUT2D eigenvalue weighted by molar-refractivity contribution is -0.115. The highest BCUT2D eigenvalue weighted by Gasteiger charge is 2.21. The number of hydrogen-bond acceptors (Lipinski definition) is 6. The van der Waals surface area contributed by atoms with Crippen molar-refractivity contribution in [3.8, 4) is 16.9 Å². The first-order valence-electron chi connectivity index (χ1n) is 9.74. The van der Waals surface area contributed by atoms with E-state index in [0.29, 0.717) is 28.8 Å². The zero-order valence-electron chi connectivity index (χ0n) is 16.7. The van der Waals surface area contributed by atoms with Crippen LogP contribution in [-0.2, 0) is 4.79 Å². The van der Waals surface area contributed by atoms with E-state index in [4.69, 9.17) is 0 Å². The standard InChI is InChI=1S/C22H20N6O2S/c1-2-18(31-22-23-14-17(25-26-22)15-9-5-3-6-10-15)21(30)24-19-13-20(29)28(27-19)16-11-7-4-8-12-16/h3-14,18,27H,2H2,1H3,(H,24,30). The first-order valence-corrected chi connectivity index (χ1v) is 10.6. The van der Waals surface area contributed by atoms with Gasteiger partial charge in [-0.05, 0) is 18.6 Å². The zero-order valence-corrected chi connectivity index (χ0v) is 17.5. The molecule has 0 radical (unpaired) electrons. The number of aromatic amines is 1. The number of carbonyl (C=O) groups excluding carboxylic acids is 1. The number of carbonyl (C=O) groups is 1. The predicted molar refractivity (Wildman–Crippen MR) is 120 cm³/mol. The van der Waals surface area contributed by atoms with Crippen molar-refractivity contribution in [2.75, 3.05) is 5.32 Å². The lowest BCUT2D eigenvalue weighted by atomic mass is 10.2. The molecule has 0 aliphatic carbocycles. The summed E-state index contributed by atoms with van der Waals surface area (Å²) >= 11 is 1.23. The third-order valence-electron chi connectivity index (χ3n) is 4.51. The van der Waals surface area contributed by atoms with Gasteiger partial charge in [-0.25, -0.2) is 9.67 Å². The molecule has 4 rings (SSSR count). The van der Waals surface area contributed by atoms with Gasteiger partial charge in [0.2, 0.25) is 11.1 Å². The molecule has 1 amide bonds. The number of nitrogens with zero attached hydrogens (tertiary/aromatic N) is 4. The van der Waals surface area contributed by atoms with E-state index in [9.17, 15) is 9.59 Å². The molecule has 0 saturated carbocycles. The van der Waals surface area contributed by atoms with E-state index in [-0.39, 0.29) is 11.5 Å². The Hall–Kier alpha value is -3.72. The largest absolute Gasteiger partial charge is 0.310 e. The highest BCUT2D eigenvalue weighted by atomic mass is 32.2. The summed E-state index contributed by atoms with van der Waals surface area (Å²) in [5.41, 5.74) is 2.02. The molecule has 2 N–H and O–H groups in total. The molecule has 31 heavy (non-hydrogen) atoms. The number of benzene rings is 2. The normalized spacial score (nSPS) is 11.8. The number of H-pyrrole nitrogens is 1. The number of hydrogen-bond donors (Lipinski definition) is 2. The van der Waals surface area contributed by atoms with Gasteiger partial charge in [-0.3, -0.25) is 14.7 Å². The molecule has 4 aromatic rings. The van der Waals surface area contributed by atoms with Crippen molar-refractivity contribution in [3.05, 3.63) is 83.3 Å². The van der Waals surface area contributed by atoms with Gasteiger partial charge < -0.3 is 5.32 Å². The molecule has 0 aliphatic heterocycles. The van der Waals surface area contributed by atoms with Gasteiger partial charge in [0.15, 0.2) is 0 Å². The Morgan fingerprint density at radius 2 is 1.81 bits per heavy atom. The molecule has 2 heterocycles. The number of anilines is 1. The monoisotopic (exact) mass is 432 g/mol. The van der Waals surface area contributed by atoms with Crippen molar-refractivity contribution < 1.29 is 4.79 Å². The average molecular weight is 433 g/mol. The third kappa shape index (κ3) is 4.89. The van der Waals surface area contributed by atoms with Crippen LogP contribution in [0.25, 0.3) is 16.9 Å². The lowest BCUT2D eigenvalue weighted by Crippen LogP contribution is -2.25. The van der Waals surface area contributed by atoms with Crippen LogP contribution in [0.2, 0.25) is 0 Å². The summed E-state index contributed by atoms with van der Waals surface area (Å²) in [7, 11) is 0. The minimum Gasteiger partial charge on any atom is -0.310 e. The van der Waals surface area contributed by atoms with E-state index >= 15 is 0 Å². The summed E-state index contributed by atoms with van der Waals surface area (Å²) in [5.74, 6) is 0.0843. The van der Waals surface area contributed by atoms with Gasteiger partial charge in [-0.2, -0.15) is 0 Å².